The summed E-state index contributed by atoms with van der Waals surface area (Å²) in [6.07, 6.45) is 0. The third-order valence-electron chi connectivity index (χ3n) is 3.91. The topological polar surface area (TPSA) is 186 Å². The zero-order chi connectivity index (χ0) is 20.4. The number of tetrazole rings is 1. The summed E-state index contributed by atoms with van der Waals surface area (Å²) >= 11 is 2.51. The number of rotatable bonds is 8. The number of nitrogens with zero attached hydrogens (tertiary/aromatic N) is 6. The molecule has 2 atom stereocenters. The highest BCUT2D eigenvalue weighted by Gasteiger charge is 2.51. The van der Waals surface area contributed by atoms with Crippen molar-refractivity contribution in [2.24, 2.45) is 10.9 Å². The molecule has 4 N–H and O–H groups in total. The van der Waals surface area contributed by atoms with Crippen LogP contribution in [0.1, 0.15) is 0 Å². The monoisotopic (exact) mass is 429 g/mol. The van der Waals surface area contributed by atoms with Gasteiger partial charge in [0.2, 0.25) is 11.1 Å². The molecule has 3 rings (SSSR count). The molecule has 28 heavy (non-hydrogen) atoms. The number of aliphatic carboxylic acids is 2. The number of hydrogen-bond acceptors (Lipinski definition) is 11. The van der Waals surface area contributed by atoms with Gasteiger partial charge in [-0.2, -0.15) is 0 Å². The van der Waals surface area contributed by atoms with Crippen LogP contribution in [0.25, 0.3) is 0 Å². The Hall–Kier alpha value is -2.65. The summed E-state index contributed by atoms with van der Waals surface area (Å²) in [6.45, 7) is -0.236. The van der Waals surface area contributed by atoms with E-state index in [0.29, 0.717) is 11.3 Å². The molecule has 0 saturated carbocycles. The second-order valence-corrected chi connectivity index (χ2v) is 7.67. The normalized spacial score (nSPS) is 22.0. The fourth-order valence-electron chi connectivity index (χ4n) is 2.63. The molecule has 0 aliphatic carbocycles. The fourth-order valence-corrected chi connectivity index (χ4v) is 4.94. The highest BCUT2D eigenvalue weighted by molar-refractivity contribution is 8.01. The first-order valence-corrected chi connectivity index (χ1v) is 9.76. The number of carbonyl (C=O) groups is 3. The molecule has 1 unspecified atom stereocenters. The minimum Gasteiger partial charge on any atom is -0.477 e. The second-order valence-electron chi connectivity index (χ2n) is 5.63. The van der Waals surface area contributed by atoms with Crippen LogP contribution in [0.15, 0.2) is 21.6 Å². The predicted octanol–water partition coefficient (Wildman–Crippen LogP) is -1.57. The summed E-state index contributed by atoms with van der Waals surface area (Å²) in [6, 6.07) is -0.699. The third kappa shape index (κ3) is 3.67. The number of hydrogen-bond donors (Lipinski definition) is 3. The van der Waals surface area contributed by atoms with Gasteiger partial charge in [0.05, 0.1) is 6.54 Å². The Balaban J connectivity index is 1.76. The SMILES string of the molecule is CON=C(Cn1nnnc1SCC1=C(C(=O)O)N2C(=O)C(N)[C@@H]2SC1)C(=O)O. The zero-order valence-electron chi connectivity index (χ0n) is 14.4. The molecule has 2 aliphatic heterocycles. The van der Waals surface area contributed by atoms with Crippen LogP contribution in [0, 0.1) is 0 Å². The summed E-state index contributed by atoms with van der Waals surface area (Å²) in [7, 11) is 1.22. The van der Waals surface area contributed by atoms with Gasteiger partial charge in [0.25, 0.3) is 0 Å². The van der Waals surface area contributed by atoms with Crippen molar-refractivity contribution in [1.82, 2.24) is 25.1 Å². The Morgan fingerprint density at radius 3 is 2.86 bits per heavy atom. The Bertz CT molecular complexity index is 884. The van der Waals surface area contributed by atoms with E-state index in [-0.39, 0.29) is 34.2 Å². The molecule has 1 fully saturated rings. The summed E-state index contributed by atoms with van der Waals surface area (Å²) < 4.78 is 1.21. The quantitative estimate of drug-likeness (QED) is 0.187. The highest BCUT2D eigenvalue weighted by atomic mass is 32.2. The number of fused-ring (bicyclic) bond motifs is 1. The minimum absolute atomic E-state index is 0.0749. The average molecular weight is 429 g/mol. The number of carbonyl (C=O) groups excluding carboxylic acids is 1. The summed E-state index contributed by atoms with van der Waals surface area (Å²) in [5.74, 6) is -2.33. The van der Waals surface area contributed by atoms with E-state index in [2.05, 4.69) is 25.5 Å². The number of thioether (sulfide) groups is 2. The van der Waals surface area contributed by atoms with E-state index in [0.717, 1.165) is 11.8 Å². The van der Waals surface area contributed by atoms with Crippen LogP contribution in [0.5, 0.6) is 0 Å². The van der Waals surface area contributed by atoms with E-state index in [1.54, 1.807) is 0 Å². The Kier molecular flexibility index (Phi) is 5.85. The van der Waals surface area contributed by atoms with E-state index < -0.39 is 23.9 Å². The third-order valence-corrected chi connectivity index (χ3v) is 6.32. The Labute approximate surface area is 165 Å². The molecule has 13 nitrogen and oxygen atoms in total. The number of carboxylic acid groups (broad SMARTS) is 2. The lowest BCUT2D eigenvalue weighted by Crippen LogP contribution is -2.68. The first-order chi connectivity index (χ1) is 13.3. The lowest BCUT2D eigenvalue weighted by molar-refractivity contribution is -0.147. The molecule has 1 saturated heterocycles. The Morgan fingerprint density at radius 2 is 2.21 bits per heavy atom. The Morgan fingerprint density at radius 1 is 1.46 bits per heavy atom. The van der Waals surface area contributed by atoms with Crippen molar-refractivity contribution in [2.75, 3.05) is 18.6 Å². The van der Waals surface area contributed by atoms with Crippen molar-refractivity contribution in [3.8, 4) is 0 Å². The van der Waals surface area contributed by atoms with Gasteiger partial charge in [0.1, 0.15) is 24.2 Å². The van der Waals surface area contributed by atoms with E-state index in [1.165, 1.54) is 28.5 Å². The van der Waals surface area contributed by atoms with Crippen LogP contribution < -0.4 is 5.73 Å². The smallest absolute Gasteiger partial charge is 0.355 e. The number of aromatic nitrogens is 4. The van der Waals surface area contributed by atoms with Gasteiger partial charge < -0.3 is 20.8 Å². The first kappa shape index (κ1) is 20.1. The van der Waals surface area contributed by atoms with Gasteiger partial charge in [-0.15, -0.1) is 16.9 Å². The van der Waals surface area contributed by atoms with E-state index in [1.807, 2.05) is 0 Å². The maximum atomic E-state index is 12.0. The lowest BCUT2D eigenvalue weighted by atomic mass is 10.0. The molecule has 3 heterocycles. The molecule has 0 spiro atoms. The van der Waals surface area contributed by atoms with Crippen LogP contribution in [0.2, 0.25) is 0 Å². The molecule has 1 aromatic rings. The van der Waals surface area contributed by atoms with Crippen molar-refractivity contribution in [2.45, 2.75) is 23.1 Å². The summed E-state index contributed by atoms with van der Waals surface area (Å²) in [4.78, 5) is 40.5. The molecule has 0 aromatic carbocycles. The largest absolute Gasteiger partial charge is 0.477 e. The van der Waals surface area contributed by atoms with Crippen LogP contribution in [0.3, 0.4) is 0 Å². The van der Waals surface area contributed by atoms with Gasteiger partial charge in [0, 0.05) is 11.5 Å². The van der Waals surface area contributed by atoms with Crippen LogP contribution in [-0.4, -0.2) is 88.9 Å². The molecule has 1 aromatic heterocycles. The number of amides is 1. The van der Waals surface area contributed by atoms with Gasteiger partial charge >= 0.3 is 11.9 Å². The molecule has 2 aliphatic rings. The first-order valence-electron chi connectivity index (χ1n) is 7.73. The van der Waals surface area contributed by atoms with Crippen molar-refractivity contribution in [3.63, 3.8) is 0 Å². The van der Waals surface area contributed by atoms with Crippen molar-refractivity contribution in [1.29, 1.82) is 0 Å². The molecular weight excluding hydrogens is 414 g/mol. The van der Waals surface area contributed by atoms with Crippen LogP contribution in [-0.2, 0) is 25.8 Å². The van der Waals surface area contributed by atoms with Gasteiger partial charge in [-0.25, -0.2) is 14.3 Å². The number of carboxylic acids is 2. The maximum absolute atomic E-state index is 12.0. The zero-order valence-corrected chi connectivity index (χ0v) is 16.0. The van der Waals surface area contributed by atoms with Crippen molar-refractivity contribution >= 4 is 47.1 Å². The predicted molar refractivity (Wildman–Crippen MR) is 96.4 cm³/mol. The maximum Gasteiger partial charge on any atom is 0.355 e. The lowest BCUT2D eigenvalue weighted by Gasteiger charge is -2.48. The summed E-state index contributed by atoms with van der Waals surface area (Å²) in [5.41, 5.74) is 5.86. The molecule has 1 amide bonds. The van der Waals surface area contributed by atoms with E-state index in [4.69, 9.17) is 10.8 Å². The van der Waals surface area contributed by atoms with Crippen LogP contribution >= 0.6 is 23.5 Å². The van der Waals surface area contributed by atoms with E-state index >= 15 is 0 Å². The van der Waals surface area contributed by atoms with Gasteiger partial charge in [-0.05, 0) is 16.0 Å². The van der Waals surface area contributed by atoms with E-state index in [9.17, 15) is 19.5 Å². The van der Waals surface area contributed by atoms with Gasteiger partial charge in [0.15, 0.2) is 5.71 Å². The summed E-state index contributed by atoms with van der Waals surface area (Å²) in [5, 5.41) is 33.0. The molecule has 15 heteroatoms. The van der Waals surface area contributed by atoms with Crippen molar-refractivity contribution in [3.05, 3.63) is 11.3 Å². The fraction of sp³-hybridized carbons (Fsp3) is 0.462. The molecule has 150 valence electrons. The number of nitrogens with two attached hydrogens (primary N) is 1. The standard InChI is InChI=1S/C13H15N7O6S2/c1-26-16-6(11(22)23)2-19-13(15-17-18-19)28-4-5-3-27-10-7(14)9(21)20(10)8(5)12(24)25/h7,10H,2-4,14H2,1H3,(H,22,23)(H,24,25)/t7?,10-/m0/s1. The molecule has 0 radical (unpaired) electrons. The average Bonchev–Trinajstić information content (AvgIpc) is 3.11. The van der Waals surface area contributed by atoms with Gasteiger partial charge in [-0.3, -0.25) is 9.69 Å². The van der Waals surface area contributed by atoms with Gasteiger partial charge in [-0.1, -0.05) is 16.9 Å². The molecular formula is C13H15N7O6S2. The molecule has 0 bridgehead atoms. The number of oxime groups is 1. The minimum atomic E-state index is -1.29. The number of β-lactam (4-membered cyclic amide) rings is 1. The second kappa shape index (κ2) is 8.15. The van der Waals surface area contributed by atoms with Crippen molar-refractivity contribution < 1.29 is 29.4 Å². The highest BCUT2D eigenvalue weighted by Crippen LogP contribution is 2.40. The van der Waals surface area contributed by atoms with Crippen LogP contribution in [0.4, 0.5) is 0 Å².